The Morgan fingerprint density at radius 2 is 0.671 bits per heavy atom. The highest BCUT2D eigenvalue weighted by Gasteiger charge is 2.26. The van der Waals surface area contributed by atoms with Crippen LogP contribution in [0.2, 0.25) is 0 Å². The van der Waals surface area contributed by atoms with Crippen LogP contribution in [0.25, 0.3) is 143 Å². The van der Waals surface area contributed by atoms with E-state index in [1.807, 2.05) is 18.2 Å². The Morgan fingerprint density at radius 1 is 0.253 bits per heavy atom. The third kappa shape index (κ3) is 6.73. The number of hydrogen-bond acceptors (Lipinski definition) is 5. The molecule has 7 heteroatoms. The third-order valence-corrected chi connectivity index (χ3v) is 16.0. The van der Waals surface area contributed by atoms with Crippen LogP contribution in [0.3, 0.4) is 0 Å². The van der Waals surface area contributed by atoms with Crippen molar-refractivity contribution in [2.24, 2.45) is 0 Å². The van der Waals surface area contributed by atoms with E-state index in [0.717, 1.165) is 144 Å². The Hall–Kier alpha value is -10.8. The second kappa shape index (κ2) is 16.9. The molecular weight excluding hydrogens is 969 g/mol. The summed E-state index contributed by atoms with van der Waals surface area (Å²) < 4.78 is 25.6. The molecule has 79 heavy (non-hydrogen) atoms. The minimum Gasteiger partial charge on any atom is -0.456 e. The van der Waals surface area contributed by atoms with E-state index in [4.69, 9.17) is 13.3 Å². The summed E-state index contributed by atoms with van der Waals surface area (Å²) in [6.45, 7) is 0. The summed E-state index contributed by atoms with van der Waals surface area (Å²) in [4.78, 5) is 0. The molecule has 17 aromatic rings. The average Bonchev–Trinajstić information content (AvgIpc) is 4.35. The molecule has 0 atom stereocenters. The predicted octanol–water partition coefficient (Wildman–Crippen LogP) is 20.4. The summed E-state index contributed by atoms with van der Waals surface area (Å²) in [5.74, 6) is 0. The highest BCUT2D eigenvalue weighted by molar-refractivity contribution is 6.24. The van der Waals surface area contributed by atoms with Crippen LogP contribution in [0.5, 0.6) is 0 Å². The van der Waals surface area contributed by atoms with Gasteiger partial charge in [0.2, 0.25) is 0 Å². The lowest BCUT2D eigenvalue weighted by Crippen LogP contribution is -1.98. The standard InChI is InChI=1S/C72H44N4O3/c1-5-17-45(18-6-1)73-47-31-34-54-55-38-66-56(39-65(55)77-64(54)37-47)57-40-68-58(41-67(57)78-66)72-69(79-68)42-59(74-46-19-7-2-8-20-46)70(43-29-32-52-50-25-13-15-27-60(50)75(62(52)35-43)48-21-9-3-10-22-48)71(72)44-30-33-53-51-26-14-16-28-61(51)76(63(53)36-44)49-23-11-4-12-24-49/h1-42,73-74H. The Labute approximate surface area is 451 Å². The van der Waals surface area contributed by atoms with Gasteiger partial charge in [-0.3, -0.25) is 0 Å². The van der Waals surface area contributed by atoms with Crippen LogP contribution in [0, 0.1) is 0 Å². The van der Waals surface area contributed by atoms with Gasteiger partial charge in [0.1, 0.15) is 33.5 Å². The normalized spacial score (nSPS) is 12.1. The monoisotopic (exact) mass is 1010 g/mol. The zero-order valence-corrected chi connectivity index (χ0v) is 42.4. The van der Waals surface area contributed by atoms with Crippen LogP contribution < -0.4 is 10.6 Å². The second-order valence-corrected chi connectivity index (χ2v) is 20.6. The van der Waals surface area contributed by atoms with Crippen molar-refractivity contribution in [2.75, 3.05) is 10.6 Å². The lowest BCUT2D eigenvalue weighted by Gasteiger charge is -2.20. The molecular formula is C72H44N4O3. The van der Waals surface area contributed by atoms with Gasteiger partial charge >= 0.3 is 0 Å². The third-order valence-electron chi connectivity index (χ3n) is 16.0. The van der Waals surface area contributed by atoms with Gasteiger partial charge in [0.25, 0.3) is 0 Å². The Kier molecular flexibility index (Phi) is 9.28. The van der Waals surface area contributed by atoms with Gasteiger partial charge in [0, 0.05) is 106 Å². The van der Waals surface area contributed by atoms with Crippen LogP contribution in [0.4, 0.5) is 22.7 Å². The van der Waals surface area contributed by atoms with Gasteiger partial charge in [0.15, 0.2) is 0 Å². The Balaban J connectivity index is 0.951. The number of rotatable bonds is 8. The second-order valence-electron chi connectivity index (χ2n) is 20.6. The topological polar surface area (TPSA) is 73.3 Å². The highest BCUT2D eigenvalue weighted by Crippen LogP contribution is 2.51. The van der Waals surface area contributed by atoms with Crippen molar-refractivity contribution in [3.8, 4) is 33.6 Å². The quantitative estimate of drug-likeness (QED) is 0.159. The first-order valence-corrected chi connectivity index (χ1v) is 26.7. The van der Waals surface area contributed by atoms with Crippen LogP contribution >= 0.6 is 0 Å². The Morgan fingerprint density at radius 3 is 1.24 bits per heavy atom. The maximum Gasteiger partial charge on any atom is 0.138 e. The molecule has 0 aliphatic carbocycles. The van der Waals surface area contributed by atoms with E-state index in [2.05, 4.69) is 256 Å². The lowest BCUT2D eigenvalue weighted by molar-refractivity contribution is 0.662. The molecule has 7 nitrogen and oxygen atoms in total. The van der Waals surface area contributed by atoms with Gasteiger partial charge in [-0.15, -0.1) is 0 Å². The molecule has 0 saturated heterocycles. The fourth-order valence-corrected chi connectivity index (χ4v) is 12.6. The molecule has 5 aromatic heterocycles. The van der Waals surface area contributed by atoms with Gasteiger partial charge in [-0.2, -0.15) is 0 Å². The molecule has 0 saturated carbocycles. The summed E-state index contributed by atoms with van der Waals surface area (Å²) in [5.41, 5.74) is 19.5. The van der Waals surface area contributed by atoms with E-state index in [1.165, 1.54) is 21.5 Å². The molecule has 370 valence electrons. The number of fused-ring (bicyclic) bond motifs is 15. The average molecular weight is 1010 g/mol. The van der Waals surface area contributed by atoms with E-state index >= 15 is 0 Å². The summed E-state index contributed by atoms with van der Waals surface area (Å²) >= 11 is 0. The number of nitrogens with one attached hydrogen (secondary N) is 2. The van der Waals surface area contributed by atoms with Gasteiger partial charge in [-0.05, 0) is 120 Å². The SMILES string of the molecule is c1ccc(Nc2ccc3c(c2)oc2cc4c(cc23)oc2cc3c(cc24)oc2cc(Nc4ccccc4)c(-c4ccc5c6ccccc6n(-c6ccccc6)c5c4)c(-c4ccc5c6ccccc6n(-c6ccccc6)c5c4)c23)cc1. The maximum atomic E-state index is 7.20. The first-order valence-electron chi connectivity index (χ1n) is 26.7. The largest absolute Gasteiger partial charge is 0.456 e. The van der Waals surface area contributed by atoms with Crippen molar-refractivity contribution in [1.29, 1.82) is 0 Å². The number of nitrogens with zero attached hydrogens (tertiary/aromatic N) is 2. The molecule has 0 fully saturated rings. The van der Waals surface area contributed by atoms with Gasteiger partial charge < -0.3 is 33.0 Å². The molecule has 0 amide bonds. The van der Waals surface area contributed by atoms with Crippen molar-refractivity contribution in [3.63, 3.8) is 0 Å². The fourth-order valence-electron chi connectivity index (χ4n) is 12.6. The van der Waals surface area contributed by atoms with Gasteiger partial charge in [-0.25, -0.2) is 0 Å². The van der Waals surface area contributed by atoms with Gasteiger partial charge in [-0.1, -0.05) is 133 Å². The molecule has 0 spiro atoms. The highest BCUT2D eigenvalue weighted by atomic mass is 16.3. The van der Waals surface area contributed by atoms with Crippen LogP contribution in [0.15, 0.2) is 268 Å². The number of para-hydroxylation sites is 6. The summed E-state index contributed by atoms with van der Waals surface area (Å²) in [7, 11) is 0. The number of hydrogen-bond donors (Lipinski definition) is 2. The first-order chi connectivity index (χ1) is 39.1. The molecule has 5 heterocycles. The van der Waals surface area contributed by atoms with Crippen LogP contribution in [0.1, 0.15) is 0 Å². The van der Waals surface area contributed by atoms with E-state index in [9.17, 15) is 0 Å². The van der Waals surface area contributed by atoms with E-state index in [-0.39, 0.29) is 0 Å². The first kappa shape index (κ1) is 43.5. The van der Waals surface area contributed by atoms with Crippen LogP contribution in [-0.2, 0) is 0 Å². The molecule has 0 unspecified atom stereocenters. The Bertz CT molecular complexity index is 5300. The van der Waals surface area contributed by atoms with Crippen molar-refractivity contribution in [1.82, 2.24) is 9.13 Å². The molecule has 0 bridgehead atoms. The summed E-state index contributed by atoms with van der Waals surface area (Å²) in [5, 5.41) is 18.1. The lowest BCUT2D eigenvalue weighted by atomic mass is 9.88. The van der Waals surface area contributed by atoms with Crippen molar-refractivity contribution < 1.29 is 13.3 Å². The molecule has 17 rings (SSSR count). The molecule has 2 N–H and O–H groups in total. The smallest absolute Gasteiger partial charge is 0.138 e. The molecule has 0 aliphatic rings. The number of anilines is 4. The molecule has 12 aromatic carbocycles. The number of aromatic nitrogens is 2. The zero-order valence-electron chi connectivity index (χ0n) is 42.4. The van der Waals surface area contributed by atoms with Crippen molar-refractivity contribution in [3.05, 3.63) is 255 Å². The summed E-state index contributed by atoms with van der Waals surface area (Å²) in [6.07, 6.45) is 0. The minimum absolute atomic E-state index is 0.756. The van der Waals surface area contributed by atoms with E-state index < -0.39 is 0 Å². The number of benzene rings is 12. The van der Waals surface area contributed by atoms with Crippen LogP contribution in [-0.4, -0.2) is 9.13 Å². The maximum absolute atomic E-state index is 7.20. The molecule has 0 radical (unpaired) electrons. The molecule has 0 aliphatic heterocycles. The predicted molar refractivity (Wildman–Crippen MR) is 327 cm³/mol. The summed E-state index contributed by atoms with van der Waals surface area (Å²) in [6, 6.07) is 90.4. The van der Waals surface area contributed by atoms with E-state index in [0.29, 0.717) is 0 Å². The van der Waals surface area contributed by atoms with Gasteiger partial charge in [0.05, 0.1) is 27.8 Å². The van der Waals surface area contributed by atoms with Crippen molar-refractivity contribution in [2.45, 2.75) is 0 Å². The number of furan rings is 3. The van der Waals surface area contributed by atoms with Crippen molar-refractivity contribution >= 4 is 132 Å². The minimum atomic E-state index is 0.756. The van der Waals surface area contributed by atoms with E-state index in [1.54, 1.807) is 0 Å². The fraction of sp³-hybridized carbons (Fsp3) is 0. The zero-order chi connectivity index (χ0) is 51.7.